The SMILES string of the molecule is COCC(=O)N1CCC[C@H](c2ccnc(C)c2)C1. The van der Waals surface area contributed by atoms with Crippen LogP contribution in [0.15, 0.2) is 18.3 Å². The highest BCUT2D eigenvalue weighted by Gasteiger charge is 2.24. The van der Waals surface area contributed by atoms with Gasteiger partial charge in [0, 0.05) is 38.0 Å². The molecule has 18 heavy (non-hydrogen) atoms. The molecular weight excluding hydrogens is 228 g/mol. The molecule has 1 atom stereocenters. The van der Waals surface area contributed by atoms with E-state index in [4.69, 9.17) is 4.74 Å². The molecule has 1 saturated heterocycles. The van der Waals surface area contributed by atoms with E-state index in [9.17, 15) is 4.79 Å². The van der Waals surface area contributed by atoms with Crippen molar-refractivity contribution in [1.82, 2.24) is 9.88 Å². The molecule has 1 aliphatic rings. The van der Waals surface area contributed by atoms with Gasteiger partial charge in [0.05, 0.1) is 0 Å². The Hall–Kier alpha value is -1.42. The summed E-state index contributed by atoms with van der Waals surface area (Å²) in [6.45, 7) is 3.83. The van der Waals surface area contributed by atoms with Crippen molar-refractivity contribution < 1.29 is 9.53 Å². The Balaban J connectivity index is 2.04. The maximum Gasteiger partial charge on any atom is 0.248 e. The molecule has 1 aliphatic heterocycles. The highest BCUT2D eigenvalue weighted by atomic mass is 16.5. The van der Waals surface area contributed by atoms with E-state index < -0.39 is 0 Å². The molecule has 0 spiro atoms. The molecule has 0 aromatic carbocycles. The monoisotopic (exact) mass is 248 g/mol. The molecule has 0 saturated carbocycles. The predicted molar refractivity (Wildman–Crippen MR) is 69.4 cm³/mol. The maximum atomic E-state index is 11.8. The molecular formula is C14H20N2O2. The molecule has 1 aromatic rings. The van der Waals surface area contributed by atoms with Crippen molar-refractivity contribution in [2.45, 2.75) is 25.7 Å². The van der Waals surface area contributed by atoms with E-state index in [1.807, 2.05) is 18.0 Å². The van der Waals surface area contributed by atoms with Gasteiger partial charge in [-0.3, -0.25) is 9.78 Å². The molecule has 0 bridgehead atoms. The zero-order valence-corrected chi connectivity index (χ0v) is 11.1. The number of nitrogens with zero attached hydrogens (tertiary/aromatic N) is 2. The van der Waals surface area contributed by atoms with Gasteiger partial charge in [0.25, 0.3) is 0 Å². The Morgan fingerprint density at radius 2 is 2.44 bits per heavy atom. The van der Waals surface area contributed by atoms with Crippen LogP contribution in [0, 0.1) is 6.92 Å². The van der Waals surface area contributed by atoms with E-state index in [-0.39, 0.29) is 12.5 Å². The maximum absolute atomic E-state index is 11.8. The van der Waals surface area contributed by atoms with Gasteiger partial charge in [-0.2, -0.15) is 0 Å². The molecule has 0 unspecified atom stereocenters. The van der Waals surface area contributed by atoms with Gasteiger partial charge in [-0.1, -0.05) is 0 Å². The summed E-state index contributed by atoms with van der Waals surface area (Å²) in [7, 11) is 1.56. The first kappa shape index (κ1) is 13.0. The van der Waals surface area contributed by atoms with Gasteiger partial charge in [-0.05, 0) is 37.5 Å². The lowest BCUT2D eigenvalue weighted by molar-refractivity contribution is -0.136. The number of aromatic nitrogens is 1. The average molecular weight is 248 g/mol. The van der Waals surface area contributed by atoms with E-state index in [1.54, 1.807) is 7.11 Å². The number of pyridine rings is 1. The minimum absolute atomic E-state index is 0.0907. The zero-order chi connectivity index (χ0) is 13.0. The van der Waals surface area contributed by atoms with Crippen LogP contribution in [-0.4, -0.2) is 42.6 Å². The summed E-state index contributed by atoms with van der Waals surface area (Å²) in [5.41, 5.74) is 2.32. The summed E-state index contributed by atoms with van der Waals surface area (Å²) in [6.07, 6.45) is 4.04. The smallest absolute Gasteiger partial charge is 0.248 e. The largest absolute Gasteiger partial charge is 0.375 e. The van der Waals surface area contributed by atoms with Crippen molar-refractivity contribution >= 4 is 5.91 Å². The van der Waals surface area contributed by atoms with Gasteiger partial charge >= 0.3 is 0 Å². The van der Waals surface area contributed by atoms with Gasteiger partial charge in [-0.15, -0.1) is 0 Å². The van der Waals surface area contributed by atoms with Crippen molar-refractivity contribution in [2.75, 3.05) is 26.8 Å². The Morgan fingerprint density at radius 1 is 1.61 bits per heavy atom. The van der Waals surface area contributed by atoms with Crippen molar-refractivity contribution in [3.05, 3.63) is 29.6 Å². The van der Waals surface area contributed by atoms with E-state index in [0.717, 1.165) is 31.6 Å². The second kappa shape index (κ2) is 5.96. The third-order valence-corrected chi connectivity index (χ3v) is 3.43. The van der Waals surface area contributed by atoms with Crippen LogP contribution in [0.2, 0.25) is 0 Å². The quantitative estimate of drug-likeness (QED) is 0.818. The van der Waals surface area contributed by atoms with Crippen LogP contribution in [0.5, 0.6) is 0 Å². The van der Waals surface area contributed by atoms with Gasteiger partial charge in [0.15, 0.2) is 0 Å². The summed E-state index contributed by atoms with van der Waals surface area (Å²) < 4.78 is 4.92. The number of carbonyl (C=O) groups excluding carboxylic acids is 1. The second-order valence-corrected chi connectivity index (χ2v) is 4.84. The number of rotatable bonds is 3. The Bertz CT molecular complexity index is 420. The minimum Gasteiger partial charge on any atom is -0.375 e. The molecule has 0 radical (unpaired) electrons. The fourth-order valence-corrected chi connectivity index (χ4v) is 2.51. The van der Waals surface area contributed by atoms with Gasteiger partial charge in [0.2, 0.25) is 5.91 Å². The Kier molecular flexibility index (Phi) is 4.31. The highest BCUT2D eigenvalue weighted by molar-refractivity contribution is 5.77. The third-order valence-electron chi connectivity index (χ3n) is 3.43. The van der Waals surface area contributed by atoms with Crippen LogP contribution < -0.4 is 0 Å². The number of ether oxygens (including phenoxy) is 1. The van der Waals surface area contributed by atoms with Crippen LogP contribution in [0.25, 0.3) is 0 Å². The Labute approximate surface area is 108 Å². The van der Waals surface area contributed by atoms with E-state index in [1.165, 1.54) is 5.56 Å². The molecule has 1 fully saturated rings. The summed E-state index contributed by atoms with van der Waals surface area (Å²) in [4.78, 5) is 18.0. The minimum atomic E-state index is 0.0907. The first-order valence-corrected chi connectivity index (χ1v) is 6.40. The first-order valence-electron chi connectivity index (χ1n) is 6.40. The fraction of sp³-hybridized carbons (Fsp3) is 0.571. The van der Waals surface area contributed by atoms with Gasteiger partial charge in [-0.25, -0.2) is 0 Å². The normalized spacial score (nSPS) is 19.9. The molecule has 1 amide bonds. The number of hydrogen-bond acceptors (Lipinski definition) is 3. The Morgan fingerprint density at radius 3 is 3.17 bits per heavy atom. The number of aryl methyl sites for hydroxylation is 1. The molecule has 0 N–H and O–H groups in total. The summed E-state index contributed by atoms with van der Waals surface area (Å²) in [6, 6.07) is 4.18. The fourth-order valence-electron chi connectivity index (χ4n) is 2.51. The third kappa shape index (κ3) is 3.07. The summed E-state index contributed by atoms with van der Waals surface area (Å²) in [5.74, 6) is 0.522. The number of amides is 1. The lowest BCUT2D eigenvalue weighted by Crippen LogP contribution is -2.40. The number of carbonyl (C=O) groups is 1. The van der Waals surface area contributed by atoms with Gasteiger partial charge < -0.3 is 9.64 Å². The van der Waals surface area contributed by atoms with Crippen molar-refractivity contribution in [1.29, 1.82) is 0 Å². The second-order valence-electron chi connectivity index (χ2n) is 4.84. The first-order chi connectivity index (χ1) is 8.70. The molecule has 1 aromatic heterocycles. The average Bonchev–Trinajstić information content (AvgIpc) is 2.39. The summed E-state index contributed by atoms with van der Waals surface area (Å²) in [5, 5.41) is 0. The zero-order valence-electron chi connectivity index (χ0n) is 11.1. The molecule has 98 valence electrons. The summed E-state index contributed by atoms with van der Waals surface area (Å²) >= 11 is 0. The lowest BCUT2D eigenvalue weighted by Gasteiger charge is -2.33. The van der Waals surface area contributed by atoms with Crippen molar-refractivity contribution in [2.24, 2.45) is 0 Å². The molecule has 0 aliphatic carbocycles. The van der Waals surface area contributed by atoms with Crippen LogP contribution in [0.3, 0.4) is 0 Å². The topological polar surface area (TPSA) is 42.4 Å². The highest BCUT2D eigenvalue weighted by Crippen LogP contribution is 2.26. The number of methoxy groups -OCH3 is 1. The molecule has 4 nitrogen and oxygen atoms in total. The molecule has 4 heteroatoms. The predicted octanol–water partition coefficient (Wildman–Crippen LogP) is 1.74. The van der Waals surface area contributed by atoms with E-state index in [2.05, 4.69) is 17.1 Å². The van der Waals surface area contributed by atoms with Crippen LogP contribution in [0.4, 0.5) is 0 Å². The lowest BCUT2D eigenvalue weighted by atomic mass is 9.91. The number of likely N-dealkylation sites (tertiary alicyclic amines) is 1. The van der Waals surface area contributed by atoms with Crippen LogP contribution in [-0.2, 0) is 9.53 Å². The van der Waals surface area contributed by atoms with E-state index in [0.29, 0.717) is 5.92 Å². The van der Waals surface area contributed by atoms with Crippen molar-refractivity contribution in [3.8, 4) is 0 Å². The standard InChI is InChI=1S/C14H20N2O2/c1-11-8-12(5-6-15-11)13-4-3-7-16(9-13)14(17)10-18-2/h5-6,8,13H,3-4,7,9-10H2,1-2H3/t13-/m0/s1. The number of hydrogen-bond donors (Lipinski definition) is 0. The molecule has 2 heterocycles. The van der Waals surface area contributed by atoms with Crippen molar-refractivity contribution in [3.63, 3.8) is 0 Å². The van der Waals surface area contributed by atoms with Crippen LogP contribution in [0.1, 0.15) is 30.0 Å². The van der Waals surface area contributed by atoms with E-state index >= 15 is 0 Å². The van der Waals surface area contributed by atoms with Crippen LogP contribution >= 0.6 is 0 Å². The number of piperidine rings is 1. The molecule has 2 rings (SSSR count). The van der Waals surface area contributed by atoms with Gasteiger partial charge in [0.1, 0.15) is 6.61 Å².